The Morgan fingerprint density at radius 3 is 2.79 bits per heavy atom. The molecule has 0 fully saturated rings. The first-order chi connectivity index (χ1) is 14.1. The Morgan fingerprint density at radius 1 is 1.21 bits per heavy atom. The van der Waals surface area contributed by atoms with Crippen LogP contribution in [0.5, 0.6) is 0 Å². The lowest BCUT2D eigenvalue weighted by Gasteiger charge is -2.10. The topological polar surface area (TPSA) is 77.6 Å². The van der Waals surface area contributed by atoms with Crippen LogP contribution in [0.2, 0.25) is 0 Å². The molecule has 2 aromatic carbocycles. The van der Waals surface area contributed by atoms with Gasteiger partial charge in [0.25, 0.3) is 5.91 Å². The fourth-order valence-electron chi connectivity index (χ4n) is 2.67. The number of hydrogen-bond donors (Lipinski definition) is 1. The summed E-state index contributed by atoms with van der Waals surface area (Å²) in [6.07, 6.45) is 5.05. The first-order valence-corrected chi connectivity index (χ1v) is 9.60. The molecular formula is C20H17FN6OS. The largest absolute Gasteiger partial charge is 0.329 e. The number of hydrogen-bond acceptors (Lipinski definition) is 5. The molecule has 7 nitrogen and oxygen atoms in total. The number of benzene rings is 2. The summed E-state index contributed by atoms with van der Waals surface area (Å²) < 4.78 is 17.2. The maximum Gasteiger partial charge on any atom is 0.277 e. The lowest BCUT2D eigenvalue weighted by molar-refractivity contribution is 0.102. The van der Waals surface area contributed by atoms with E-state index in [1.54, 1.807) is 23.1 Å². The minimum Gasteiger partial charge on any atom is -0.329 e. The van der Waals surface area contributed by atoms with Gasteiger partial charge in [-0.05, 0) is 35.5 Å². The molecule has 0 saturated heterocycles. The Hall–Kier alpha value is -3.46. The number of carbonyl (C=O) groups is 1. The van der Waals surface area contributed by atoms with Gasteiger partial charge in [0.1, 0.15) is 5.82 Å². The second kappa shape index (κ2) is 8.27. The molecule has 0 radical (unpaired) electrons. The van der Waals surface area contributed by atoms with E-state index in [1.807, 2.05) is 48.1 Å². The quantitative estimate of drug-likeness (QED) is 0.527. The first kappa shape index (κ1) is 18.9. The van der Waals surface area contributed by atoms with Crippen molar-refractivity contribution in [2.24, 2.45) is 7.05 Å². The highest BCUT2D eigenvalue weighted by Gasteiger charge is 2.15. The lowest BCUT2D eigenvalue weighted by atomic mass is 10.2. The molecule has 4 rings (SSSR count). The van der Waals surface area contributed by atoms with Gasteiger partial charge < -0.3 is 9.88 Å². The smallest absolute Gasteiger partial charge is 0.277 e. The van der Waals surface area contributed by atoms with Crippen molar-refractivity contribution >= 4 is 23.4 Å². The average Bonchev–Trinajstić information content (AvgIpc) is 3.34. The van der Waals surface area contributed by atoms with Crippen LogP contribution in [0.4, 0.5) is 10.1 Å². The zero-order valence-electron chi connectivity index (χ0n) is 15.5. The Kier molecular flexibility index (Phi) is 5.39. The summed E-state index contributed by atoms with van der Waals surface area (Å²) in [7, 11) is 1.86. The number of aryl methyl sites for hydroxylation is 1. The van der Waals surface area contributed by atoms with Crippen molar-refractivity contribution in [3.8, 4) is 0 Å². The molecule has 4 aromatic rings. The van der Waals surface area contributed by atoms with Crippen LogP contribution in [0.3, 0.4) is 0 Å². The minimum absolute atomic E-state index is 0.151. The highest BCUT2D eigenvalue weighted by Crippen LogP contribution is 2.33. The molecular weight excluding hydrogens is 391 g/mol. The Balaban J connectivity index is 1.51. The van der Waals surface area contributed by atoms with Gasteiger partial charge in [0.2, 0.25) is 0 Å². The summed E-state index contributed by atoms with van der Waals surface area (Å²) in [6.45, 7) is 0.501. The number of anilines is 1. The third-order valence-corrected chi connectivity index (χ3v) is 5.28. The van der Waals surface area contributed by atoms with Gasteiger partial charge in [-0.15, -0.1) is 5.10 Å². The number of halogens is 1. The van der Waals surface area contributed by atoms with Gasteiger partial charge in [0.05, 0.1) is 18.4 Å². The molecule has 0 atom stereocenters. The van der Waals surface area contributed by atoms with Gasteiger partial charge in [0.15, 0.2) is 10.9 Å². The second-order valence-corrected chi connectivity index (χ2v) is 7.31. The third kappa shape index (κ3) is 4.52. The van der Waals surface area contributed by atoms with Crippen molar-refractivity contribution in [2.75, 3.05) is 5.32 Å². The first-order valence-electron chi connectivity index (χ1n) is 8.78. The van der Waals surface area contributed by atoms with Crippen LogP contribution in [-0.4, -0.2) is 30.5 Å². The standard InChI is InChI=1S/C20H17FN6OS/c1-26-10-9-22-20(26)29-18-8-7-15(21)11-16(18)23-19(28)17-13-27(25-24-17)12-14-5-3-2-4-6-14/h2-11,13H,12H2,1H3,(H,23,28). The van der Waals surface area contributed by atoms with E-state index in [2.05, 4.69) is 20.6 Å². The number of nitrogens with zero attached hydrogens (tertiary/aromatic N) is 5. The van der Waals surface area contributed by atoms with Crippen molar-refractivity contribution in [3.05, 3.63) is 84.2 Å². The normalized spacial score (nSPS) is 10.8. The summed E-state index contributed by atoms with van der Waals surface area (Å²) in [5.41, 5.74) is 1.54. The van der Waals surface area contributed by atoms with E-state index in [-0.39, 0.29) is 5.69 Å². The van der Waals surface area contributed by atoms with Crippen LogP contribution in [0.25, 0.3) is 0 Å². The third-order valence-electron chi connectivity index (χ3n) is 4.13. The average molecular weight is 408 g/mol. The predicted octanol–water partition coefficient (Wildman–Crippen LogP) is 3.60. The molecule has 2 aromatic heterocycles. The molecule has 0 spiro atoms. The van der Waals surface area contributed by atoms with Crippen molar-refractivity contribution in [2.45, 2.75) is 16.6 Å². The maximum absolute atomic E-state index is 13.8. The number of carbonyl (C=O) groups excluding carboxylic acids is 1. The Bertz CT molecular complexity index is 1140. The highest BCUT2D eigenvalue weighted by atomic mass is 32.2. The Morgan fingerprint density at radius 2 is 2.03 bits per heavy atom. The van der Waals surface area contributed by atoms with E-state index in [1.165, 1.54) is 23.9 Å². The number of rotatable bonds is 6. The van der Waals surface area contributed by atoms with Crippen LogP contribution in [0.15, 0.2) is 77.2 Å². The molecule has 29 heavy (non-hydrogen) atoms. The lowest BCUT2D eigenvalue weighted by Crippen LogP contribution is -2.13. The molecule has 2 heterocycles. The van der Waals surface area contributed by atoms with Gasteiger partial charge in [-0.25, -0.2) is 14.1 Å². The van der Waals surface area contributed by atoms with E-state index in [9.17, 15) is 9.18 Å². The summed E-state index contributed by atoms with van der Waals surface area (Å²) in [6, 6.07) is 14.0. The van der Waals surface area contributed by atoms with Crippen molar-refractivity contribution < 1.29 is 9.18 Å². The van der Waals surface area contributed by atoms with Gasteiger partial charge in [0, 0.05) is 24.3 Å². The summed E-state index contributed by atoms with van der Waals surface area (Å²) in [5, 5.41) is 11.4. The van der Waals surface area contributed by atoms with E-state index in [4.69, 9.17) is 0 Å². The van der Waals surface area contributed by atoms with Crippen LogP contribution < -0.4 is 5.32 Å². The molecule has 0 aliphatic carbocycles. The van der Waals surface area contributed by atoms with Crippen LogP contribution in [0, 0.1) is 5.82 Å². The molecule has 9 heteroatoms. The van der Waals surface area contributed by atoms with Gasteiger partial charge >= 0.3 is 0 Å². The fraction of sp³-hybridized carbons (Fsp3) is 0.100. The summed E-state index contributed by atoms with van der Waals surface area (Å²) >= 11 is 1.33. The van der Waals surface area contributed by atoms with E-state index in [0.29, 0.717) is 17.1 Å². The number of aromatic nitrogens is 5. The van der Waals surface area contributed by atoms with Crippen molar-refractivity contribution in [1.82, 2.24) is 24.5 Å². The van der Waals surface area contributed by atoms with E-state index in [0.717, 1.165) is 10.7 Å². The zero-order chi connectivity index (χ0) is 20.2. The van der Waals surface area contributed by atoms with Crippen LogP contribution in [0.1, 0.15) is 16.1 Å². The van der Waals surface area contributed by atoms with Crippen molar-refractivity contribution in [1.29, 1.82) is 0 Å². The molecule has 0 aliphatic rings. The van der Waals surface area contributed by atoms with Gasteiger partial charge in [-0.3, -0.25) is 4.79 Å². The number of nitrogens with one attached hydrogen (secondary N) is 1. The highest BCUT2D eigenvalue weighted by molar-refractivity contribution is 7.99. The summed E-state index contributed by atoms with van der Waals surface area (Å²) in [5.74, 6) is -0.908. The molecule has 0 bridgehead atoms. The van der Waals surface area contributed by atoms with Crippen molar-refractivity contribution in [3.63, 3.8) is 0 Å². The van der Waals surface area contributed by atoms with E-state index >= 15 is 0 Å². The minimum atomic E-state index is -0.461. The van der Waals surface area contributed by atoms with Crippen LogP contribution in [-0.2, 0) is 13.6 Å². The molecule has 0 unspecified atom stereocenters. The number of imidazole rings is 1. The SMILES string of the molecule is Cn1ccnc1Sc1ccc(F)cc1NC(=O)c1cn(Cc2ccccc2)nn1. The molecule has 1 amide bonds. The molecule has 0 aliphatic heterocycles. The molecule has 1 N–H and O–H groups in total. The van der Waals surface area contributed by atoms with Crippen LogP contribution >= 0.6 is 11.8 Å². The monoisotopic (exact) mass is 408 g/mol. The van der Waals surface area contributed by atoms with Gasteiger partial charge in [-0.2, -0.15) is 0 Å². The second-order valence-electron chi connectivity index (χ2n) is 6.30. The van der Waals surface area contributed by atoms with E-state index < -0.39 is 11.7 Å². The predicted molar refractivity (Wildman–Crippen MR) is 107 cm³/mol. The zero-order valence-corrected chi connectivity index (χ0v) is 16.3. The fourth-order valence-corrected chi connectivity index (χ4v) is 3.55. The number of amides is 1. The van der Waals surface area contributed by atoms with Gasteiger partial charge in [-0.1, -0.05) is 35.5 Å². The molecule has 146 valence electrons. The molecule has 0 saturated carbocycles. The maximum atomic E-state index is 13.8. The summed E-state index contributed by atoms with van der Waals surface area (Å²) in [4.78, 5) is 17.6. The Labute approximate surface area is 170 Å².